The van der Waals surface area contributed by atoms with Gasteiger partial charge in [-0.15, -0.1) is 0 Å². The van der Waals surface area contributed by atoms with Crippen molar-refractivity contribution in [2.45, 2.75) is 38.8 Å². The molecule has 19 heavy (non-hydrogen) atoms. The summed E-state index contributed by atoms with van der Waals surface area (Å²) in [5, 5.41) is 3.74. The summed E-state index contributed by atoms with van der Waals surface area (Å²) in [6.07, 6.45) is 2.31. The first-order valence-corrected chi connectivity index (χ1v) is 7.07. The zero-order valence-corrected chi connectivity index (χ0v) is 12.4. The lowest BCUT2D eigenvalue weighted by atomic mass is 10.0. The van der Waals surface area contributed by atoms with Crippen LogP contribution < -0.4 is 10.1 Å². The van der Waals surface area contributed by atoms with E-state index in [0.717, 1.165) is 25.2 Å². The molecule has 0 amide bonds. The van der Waals surface area contributed by atoms with Crippen LogP contribution in [0.2, 0.25) is 0 Å². The van der Waals surface area contributed by atoms with Crippen LogP contribution in [0, 0.1) is 5.92 Å². The molecule has 0 spiro atoms. The van der Waals surface area contributed by atoms with Crippen molar-refractivity contribution in [1.82, 2.24) is 5.32 Å². The number of ether oxygens (including phenoxy) is 2. The highest BCUT2D eigenvalue weighted by Gasteiger charge is 2.26. The number of fused-ring (bicyclic) bond motifs is 1. The van der Waals surface area contributed by atoms with Gasteiger partial charge in [0.15, 0.2) is 0 Å². The Bertz CT molecular complexity index is 417. The van der Waals surface area contributed by atoms with Crippen molar-refractivity contribution in [1.29, 1.82) is 0 Å². The number of hydrogen-bond acceptors (Lipinski definition) is 3. The van der Waals surface area contributed by atoms with Gasteiger partial charge in [0.05, 0.1) is 13.7 Å². The number of benzene rings is 1. The van der Waals surface area contributed by atoms with Gasteiger partial charge >= 0.3 is 0 Å². The Labute approximate surface area is 116 Å². The lowest BCUT2D eigenvalue weighted by Gasteiger charge is -2.26. The average Bonchev–Trinajstić information content (AvgIpc) is 2.80. The zero-order valence-electron chi connectivity index (χ0n) is 12.4. The summed E-state index contributed by atoms with van der Waals surface area (Å²) >= 11 is 0. The molecule has 2 rings (SSSR count). The molecule has 0 heterocycles. The first-order chi connectivity index (χ1) is 9.15. The molecule has 3 heteroatoms. The lowest BCUT2D eigenvalue weighted by Crippen LogP contribution is -2.39. The summed E-state index contributed by atoms with van der Waals surface area (Å²) in [6.45, 7) is 5.23. The Morgan fingerprint density at radius 2 is 2.11 bits per heavy atom. The van der Waals surface area contributed by atoms with Gasteiger partial charge in [-0.05, 0) is 42.0 Å². The fourth-order valence-corrected chi connectivity index (χ4v) is 2.75. The van der Waals surface area contributed by atoms with Crippen molar-refractivity contribution >= 4 is 0 Å². The molecule has 1 aromatic carbocycles. The van der Waals surface area contributed by atoms with E-state index in [0.29, 0.717) is 18.0 Å². The first kappa shape index (κ1) is 14.4. The van der Waals surface area contributed by atoms with E-state index in [4.69, 9.17) is 9.47 Å². The van der Waals surface area contributed by atoms with E-state index < -0.39 is 0 Å². The maximum Gasteiger partial charge on any atom is 0.119 e. The second-order valence-electron chi connectivity index (χ2n) is 5.63. The standard InChI is InChI=1S/C16H25NO2/c1-11(2)16(10-18-3)17-15-8-6-12-5-7-13(19-4)9-14(12)15/h5,7,9,11,15-17H,6,8,10H2,1-4H3. The molecule has 2 unspecified atom stereocenters. The van der Waals surface area contributed by atoms with Crippen molar-refractivity contribution in [2.24, 2.45) is 5.92 Å². The Hall–Kier alpha value is -1.06. The van der Waals surface area contributed by atoms with Crippen molar-refractivity contribution in [3.8, 4) is 5.75 Å². The van der Waals surface area contributed by atoms with Crippen molar-refractivity contribution in [3.63, 3.8) is 0 Å². The van der Waals surface area contributed by atoms with Crippen molar-refractivity contribution in [2.75, 3.05) is 20.8 Å². The molecule has 1 aliphatic carbocycles. The van der Waals surface area contributed by atoms with E-state index >= 15 is 0 Å². The monoisotopic (exact) mass is 263 g/mol. The number of nitrogens with one attached hydrogen (secondary N) is 1. The summed E-state index contributed by atoms with van der Waals surface area (Å²) in [4.78, 5) is 0. The fraction of sp³-hybridized carbons (Fsp3) is 0.625. The SMILES string of the molecule is COCC(NC1CCc2ccc(OC)cc21)C(C)C. The molecule has 0 aromatic heterocycles. The van der Waals surface area contributed by atoms with Gasteiger partial charge in [-0.1, -0.05) is 19.9 Å². The van der Waals surface area contributed by atoms with Crippen LogP contribution in [0.25, 0.3) is 0 Å². The maximum atomic E-state index is 5.34. The quantitative estimate of drug-likeness (QED) is 0.856. The predicted molar refractivity (Wildman–Crippen MR) is 77.7 cm³/mol. The molecular formula is C16H25NO2. The topological polar surface area (TPSA) is 30.5 Å². The Balaban J connectivity index is 2.12. The number of hydrogen-bond donors (Lipinski definition) is 1. The van der Waals surface area contributed by atoms with Gasteiger partial charge in [-0.25, -0.2) is 0 Å². The molecule has 0 radical (unpaired) electrons. The second-order valence-corrected chi connectivity index (χ2v) is 5.63. The van der Waals surface area contributed by atoms with E-state index in [1.54, 1.807) is 14.2 Å². The number of aryl methyl sites for hydroxylation is 1. The lowest BCUT2D eigenvalue weighted by molar-refractivity contribution is 0.140. The third kappa shape index (κ3) is 3.28. The summed E-state index contributed by atoms with van der Waals surface area (Å²) in [5.74, 6) is 1.51. The van der Waals surface area contributed by atoms with Gasteiger partial charge in [0.2, 0.25) is 0 Å². The highest BCUT2D eigenvalue weighted by Crippen LogP contribution is 2.34. The van der Waals surface area contributed by atoms with E-state index in [2.05, 4.69) is 37.4 Å². The molecule has 106 valence electrons. The Morgan fingerprint density at radius 1 is 1.32 bits per heavy atom. The molecule has 0 saturated heterocycles. The van der Waals surface area contributed by atoms with Crippen molar-refractivity contribution in [3.05, 3.63) is 29.3 Å². The van der Waals surface area contributed by atoms with Gasteiger partial charge in [0.1, 0.15) is 5.75 Å². The molecule has 0 fully saturated rings. The minimum Gasteiger partial charge on any atom is -0.497 e. The van der Waals surface area contributed by atoms with Crippen LogP contribution in [-0.2, 0) is 11.2 Å². The van der Waals surface area contributed by atoms with Gasteiger partial charge < -0.3 is 14.8 Å². The Morgan fingerprint density at radius 3 is 2.74 bits per heavy atom. The van der Waals surface area contributed by atoms with E-state index in [9.17, 15) is 0 Å². The number of rotatable bonds is 6. The van der Waals surface area contributed by atoms with Crippen LogP contribution in [0.4, 0.5) is 0 Å². The molecule has 0 aliphatic heterocycles. The number of methoxy groups -OCH3 is 2. The van der Waals surface area contributed by atoms with Crippen LogP contribution in [0.3, 0.4) is 0 Å². The highest BCUT2D eigenvalue weighted by molar-refractivity contribution is 5.40. The second kappa shape index (κ2) is 6.40. The largest absolute Gasteiger partial charge is 0.497 e. The smallest absolute Gasteiger partial charge is 0.119 e. The van der Waals surface area contributed by atoms with E-state index in [1.807, 2.05) is 0 Å². The molecule has 3 nitrogen and oxygen atoms in total. The van der Waals surface area contributed by atoms with Crippen LogP contribution in [0.5, 0.6) is 5.75 Å². The minimum absolute atomic E-state index is 0.396. The van der Waals surface area contributed by atoms with Crippen molar-refractivity contribution < 1.29 is 9.47 Å². The molecule has 2 atom stereocenters. The van der Waals surface area contributed by atoms with Gasteiger partial charge in [0, 0.05) is 19.2 Å². The van der Waals surface area contributed by atoms with Gasteiger partial charge in [-0.2, -0.15) is 0 Å². The summed E-state index contributed by atoms with van der Waals surface area (Å²) in [7, 11) is 3.49. The van der Waals surface area contributed by atoms with Crippen LogP contribution in [0.15, 0.2) is 18.2 Å². The molecule has 0 saturated carbocycles. The molecule has 1 aromatic rings. The normalized spacial score (nSPS) is 19.5. The van der Waals surface area contributed by atoms with Crippen LogP contribution in [-0.4, -0.2) is 26.9 Å². The molecule has 1 N–H and O–H groups in total. The minimum atomic E-state index is 0.396. The molecular weight excluding hydrogens is 238 g/mol. The zero-order chi connectivity index (χ0) is 13.8. The third-order valence-electron chi connectivity index (χ3n) is 4.00. The first-order valence-electron chi connectivity index (χ1n) is 7.07. The summed E-state index contributed by atoms with van der Waals surface area (Å²) < 4.78 is 10.7. The Kier molecular flexibility index (Phi) is 4.83. The molecule has 0 bridgehead atoms. The average molecular weight is 263 g/mol. The van der Waals surface area contributed by atoms with Crippen LogP contribution >= 0.6 is 0 Å². The fourth-order valence-electron chi connectivity index (χ4n) is 2.75. The van der Waals surface area contributed by atoms with E-state index in [-0.39, 0.29) is 0 Å². The van der Waals surface area contributed by atoms with Crippen LogP contribution in [0.1, 0.15) is 37.4 Å². The molecule has 1 aliphatic rings. The van der Waals surface area contributed by atoms with Gasteiger partial charge in [-0.3, -0.25) is 0 Å². The third-order valence-corrected chi connectivity index (χ3v) is 4.00. The maximum absolute atomic E-state index is 5.34. The van der Waals surface area contributed by atoms with E-state index in [1.165, 1.54) is 11.1 Å². The predicted octanol–water partition coefficient (Wildman–Crippen LogP) is 2.94. The van der Waals surface area contributed by atoms with Gasteiger partial charge in [0.25, 0.3) is 0 Å². The highest BCUT2D eigenvalue weighted by atomic mass is 16.5. The summed E-state index contributed by atoms with van der Waals surface area (Å²) in [5.41, 5.74) is 2.83. The summed E-state index contributed by atoms with van der Waals surface area (Å²) in [6, 6.07) is 7.23.